The van der Waals surface area contributed by atoms with E-state index in [1.807, 2.05) is 0 Å². The summed E-state index contributed by atoms with van der Waals surface area (Å²) in [5.74, 6) is 0. The minimum atomic E-state index is 0.359. The van der Waals surface area contributed by atoms with Crippen molar-refractivity contribution in [1.29, 1.82) is 0 Å². The first kappa shape index (κ1) is 15.0. The molecule has 0 amide bonds. The topological polar surface area (TPSA) is 0 Å². The fourth-order valence-electron chi connectivity index (χ4n) is 2.70. The highest BCUT2D eigenvalue weighted by atomic mass is 14.3. The summed E-state index contributed by atoms with van der Waals surface area (Å²) in [6.07, 6.45) is 19.5. The van der Waals surface area contributed by atoms with Crippen LogP contribution in [0, 0.1) is 5.41 Å². The van der Waals surface area contributed by atoms with Crippen LogP contribution in [0.25, 0.3) is 0 Å². The summed E-state index contributed by atoms with van der Waals surface area (Å²) in [6, 6.07) is 0. The van der Waals surface area contributed by atoms with Gasteiger partial charge in [0, 0.05) is 0 Å². The molecule has 0 unspecified atom stereocenters. The maximum absolute atomic E-state index is 2.37. The molecule has 0 aromatic carbocycles. The Bertz CT molecular complexity index is 361. The van der Waals surface area contributed by atoms with E-state index in [0.717, 1.165) is 12.8 Å². The molecule has 18 heavy (non-hydrogen) atoms. The average molecular weight is 244 g/mol. The lowest BCUT2D eigenvalue weighted by Crippen LogP contribution is -2.18. The van der Waals surface area contributed by atoms with E-state index in [4.69, 9.17) is 0 Å². The molecule has 1 aliphatic rings. The van der Waals surface area contributed by atoms with Gasteiger partial charge in [0.05, 0.1) is 0 Å². The standard InChI is InChI=1S/C18H28/c1-5-6-7-8-9-10-11-14-17-16(2)13-12-15-18(17,3)4/h5-6,9-11,14H,7-8,12-13,15H2,1-4H3. The van der Waals surface area contributed by atoms with Gasteiger partial charge in [-0.1, -0.05) is 55.9 Å². The van der Waals surface area contributed by atoms with Crippen LogP contribution in [0.2, 0.25) is 0 Å². The zero-order valence-electron chi connectivity index (χ0n) is 12.5. The largest absolute Gasteiger partial charge is 0.0917 e. The Morgan fingerprint density at radius 1 is 1.11 bits per heavy atom. The van der Waals surface area contributed by atoms with Crippen LogP contribution in [0.15, 0.2) is 47.6 Å². The van der Waals surface area contributed by atoms with Gasteiger partial charge in [0.1, 0.15) is 0 Å². The molecule has 0 aromatic heterocycles. The molecule has 0 saturated carbocycles. The van der Waals surface area contributed by atoms with Crippen LogP contribution in [0.3, 0.4) is 0 Å². The van der Waals surface area contributed by atoms with Crippen LogP contribution in [0.4, 0.5) is 0 Å². The number of hydrogen-bond acceptors (Lipinski definition) is 0. The fourth-order valence-corrected chi connectivity index (χ4v) is 2.70. The zero-order valence-corrected chi connectivity index (χ0v) is 12.5. The molecule has 0 N–H and O–H groups in total. The fraction of sp³-hybridized carbons (Fsp3) is 0.556. The van der Waals surface area contributed by atoms with Crippen molar-refractivity contribution in [3.05, 3.63) is 47.6 Å². The van der Waals surface area contributed by atoms with E-state index in [9.17, 15) is 0 Å². The van der Waals surface area contributed by atoms with Crippen molar-refractivity contribution in [3.63, 3.8) is 0 Å². The number of unbranched alkanes of at least 4 members (excludes halogenated alkanes) is 1. The van der Waals surface area contributed by atoms with Gasteiger partial charge in [0.25, 0.3) is 0 Å². The molecule has 1 rings (SSSR count). The average Bonchev–Trinajstić information content (AvgIpc) is 2.30. The van der Waals surface area contributed by atoms with Crippen LogP contribution in [-0.2, 0) is 0 Å². The Labute approximate surface area is 113 Å². The highest BCUT2D eigenvalue weighted by Crippen LogP contribution is 2.40. The highest BCUT2D eigenvalue weighted by molar-refractivity contribution is 5.34. The summed E-state index contributed by atoms with van der Waals surface area (Å²) in [7, 11) is 0. The van der Waals surface area contributed by atoms with Crippen molar-refractivity contribution in [2.45, 2.75) is 59.8 Å². The molecule has 0 aliphatic heterocycles. The molecular weight excluding hydrogens is 216 g/mol. The predicted molar refractivity (Wildman–Crippen MR) is 82.7 cm³/mol. The molecule has 0 heteroatoms. The minimum absolute atomic E-state index is 0.359. The van der Waals surface area contributed by atoms with Gasteiger partial charge in [-0.05, 0) is 56.9 Å². The summed E-state index contributed by atoms with van der Waals surface area (Å²) in [5.41, 5.74) is 3.48. The molecule has 0 bridgehead atoms. The van der Waals surface area contributed by atoms with Gasteiger partial charge in [-0.2, -0.15) is 0 Å². The van der Waals surface area contributed by atoms with Crippen molar-refractivity contribution in [1.82, 2.24) is 0 Å². The third-order valence-corrected chi connectivity index (χ3v) is 3.79. The van der Waals surface area contributed by atoms with Crippen molar-refractivity contribution >= 4 is 0 Å². The SMILES string of the molecule is CC=CCCC=CC=CC1=C(C)CCCC1(C)C. The maximum Gasteiger partial charge on any atom is -0.0104 e. The molecule has 1 aliphatic carbocycles. The molecule has 0 radical (unpaired) electrons. The van der Waals surface area contributed by atoms with Gasteiger partial charge in [0.2, 0.25) is 0 Å². The highest BCUT2D eigenvalue weighted by Gasteiger charge is 2.26. The van der Waals surface area contributed by atoms with Crippen molar-refractivity contribution in [2.75, 3.05) is 0 Å². The molecular formula is C18H28. The van der Waals surface area contributed by atoms with Crippen molar-refractivity contribution in [3.8, 4) is 0 Å². The Morgan fingerprint density at radius 2 is 1.83 bits per heavy atom. The van der Waals surface area contributed by atoms with E-state index >= 15 is 0 Å². The first-order chi connectivity index (χ1) is 8.58. The van der Waals surface area contributed by atoms with Gasteiger partial charge >= 0.3 is 0 Å². The maximum atomic E-state index is 2.37. The van der Waals surface area contributed by atoms with E-state index < -0.39 is 0 Å². The van der Waals surface area contributed by atoms with Crippen molar-refractivity contribution in [2.24, 2.45) is 5.41 Å². The van der Waals surface area contributed by atoms with Gasteiger partial charge in [-0.15, -0.1) is 0 Å². The normalized spacial score (nSPS) is 20.7. The van der Waals surface area contributed by atoms with Gasteiger partial charge in [-0.25, -0.2) is 0 Å². The van der Waals surface area contributed by atoms with Crippen molar-refractivity contribution < 1.29 is 0 Å². The molecule has 0 atom stereocenters. The lowest BCUT2D eigenvalue weighted by molar-refractivity contribution is 0.377. The second-order valence-corrected chi connectivity index (χ2v) is 5.87. The number of rotatable bonds is 5. The predicted octanol–water partition coefficient (Wildman–Crippen LogP) is 5.98. The Hall–Kier alpha value is -1.04. The third kappa shape index (κ3) is 4.68. The lowest BCUT2D eigenvalue weighted by atomic mass is 9.73. The quantitative estimate of drug-likeness (QED) is 0.317. The van der Waals surface area contributed by atoms with E-state index in [-0.39, 0.29) is 0 Å². The monoisotopic (exact) mass is 244 g/mol. The number of hydrogen-bond donors (Lipinski definition) is 0. The molecule has 0 fully saturated rings. The Kier molecular flexibility index (Phi) is 6.18. The molecule has 0 nitrogen and oxygen atoms in total. The van der Waals surface area contributed by atoms with Crippen LogP contribution in [0.1, 0.15) is 59.8 Å². The first-order valence-electron chi connectivity index (χ1n) is 7.22. The smallest absolute Gasteiger partial charge is 0.0104 e. The second kappa shape index (κ2) is 7.41. The molecule has 100 valence electrons. The third-order valence-electron chi connectivity index (χ3n) is 3.79. The van der Waals surface area contributed by atoms with Crippen LogP contribution >= 0.6 is 0 Å². The van der Waals surface area contributed by atoms with E-state index in [1.54, 1.807) is 11.1 Å². The summed E-state index contributed by atoms with van der Waals surface area (Å²) < 4.78 is 0. The van der Waals surface area contributed by atoms with Gasteiger partial charge < -0.3 is 0 Å². The first-order valence-corrected chi connectivity index (χ1v) is 7.22. The van der Waals surface area contributed by atoms with Gasteiger partial charge in [0.15, 0.2) is 0 Å². The summed E-state index contributed by atoms with van der Waals surface area (Å²) in [6.45, 7) is 9.09. The second-order valence-electron chi connectivity index (χ2n) is 5.87. The van der Waals surface area contributed by atoms with Crippen LogP contribution in [0.5, 0.6) is 0 Å². The van der Waals surface area contributed by atoms with Gasteiger partial charge in [-0.3, -0.25) is 0 Å². The summed E-state index contributed by atoms with van der Waals surface area (Å²) in [5, 5.41) is 0. The summed E-state index contributed by atoms with van der Waals surface area (Å²) >= 11 is 0. The Morgan fingerprint density at radius 3 is 2.50 bits per heavy atom. The van der Waals surface area contributed by atoms with E-state index in [2.05, 4.69) is 64.2 Å². The molecule has 0 spiro atoms. The molecule has 0 heterocycles. The Balaban J connectivity index is 2.54. The van der Waals surface area contributed by atoms with E-state index in [1.165, 1.54) is 19.3 Å². The molecule has 0 saturated heterocycles. The molecule has 0 aromatic rings. The lowest BCUT2D eigenvalue weighted by Gasteiger charge is -2.32. The zero-order chi connectivity index (χ0) is 13.4. The number of allylic oxidation sites excluding steroid dienone is 8. The summed E-state index contributed by atoms with van der Waals surface area (Å²) in [4.78, 5) is 0. The van der Waals surface area contributed by atoms with Crippen LogP contribution < -0.4 is 0 Å². The van der Waals surface area contributed by atoms with Crippen LogP contribution in [-0.4, -0.2) is 0 Å². The minimum Gasteiger partial charge on any atom is -0.0917 e. The van der Waals surface area contributed by atoms with E-state index in [0.29, 0.717) is 5.41 Å².